The highest BCUT2D eigenvalue weighted by atomic mass is 19.1. The largest absolute Gasteiger partial charge is 0.497 e. The number of aromatic nitrogens is 2. The number of carbonyl (C=O) groups excluding carboxylic acids is 1. The van der Waals surface area contributed by atoms with Crippen LogP contribution in [0.15, 0.2) is 54.6 Å². The van der Waals surface area contributed by atoms with Crippen molar-refractivity contribution in [3.63, 3.8) is 0 Å². The van der Waals surface area contributed by atoms with Crippen LogP contribution in [0.5, 0.6) is 11.5 Å². The van der Waals surface area contributed by atoms with Gasteiger partial charge in [0.05, 0.1) is 19.9 Å². The van der Waals surface area contributed by atoms with Gasteiger partial charge < -0.3 is 20.1 Å². The van der Waals surface area contributed by atoms with Gasteiger partial charge in [-0.15, -0.1) is 10.2 Å². The molecule has 2 aromatic carbocycles. The minimum atomic E-state index is -0.408. The second-order valence-corrected chi connectivity index (χ2v) is 5.46. The fraction of sp³-hybridized carbons (Fsp3) is 0.105. The number of methoxy groups -OCH3 is 2. The van der Waals surface area contributed by atoms with Gasteiger partial charge in [-0.3, -0.25) is 4.79 Å². The third-order valence-electron chi connectivity index (χ3n) is 3.68. The number of amides is 1. The summed E-state index contributed by atoms with van der Waals surface area (Å²) < 4.78 is 23.4. The fourth-order valence-electron chi connectivity index (χ4n) is 2.31. The Kier molecular flexibility index (Phi) is 5.46. The third-order valence-corrected chi connectivity index (χ3v) is 3.68. The van der Waals surface area contributed by atoms with Gasteiger partial charge in [0.2, 0.25) is 0 Å². The average Bonchev–Trinajstić information content (AvgIpc) is 2.70. The zero-order valence-electron chi connectivity index (χ0n) is 14.7. The van der Waals surface area contributed by atoms with Gasteiger partial charge in [-0.25, -0.2) is 4.39 Å². The zero-order valence-corrected chi connectivity index (χ0v) is 14.7. The van der Waals surface area contributed by atoms with Crippen LogP contribution in [-0.2, 0) is 0 Å². The van der Waals surface area contributed by atoms with E-state index in [4.69, 9.17) is 9.47 Å². The summed E-state index contributed by atoms with van der Waals surface area (Å²) in [6, 6.07) is 13.8. The standard InChI is InChI=1S/C19H17FN4O3/c1-26-14-7-8-16(27-2)15(11-14)21-17-9-10-18(24-23-17)22-19(25)12-3-5-13(20)6-4-12/h3-11H,1-2H3,(H,21,23)(H,22,24,25). The Bertz CT molecular complexity index is 931. The van der Waals surface area contributed by atoms with E-state index in [0.717, 1.165) is 0 Å². The molecule has 0 radical (unpaired) electrons. The molecule has 3 aromatic rings. The summed E-state index contributed by atoms with van der Waals surface area (Å²) in [6.07, 6.45) is 0. The van der Waals surface area contributed by atoms with E-state index in [-0.39, 0.29) is 5.82 Å². The van der Waals surface area contributed by atoms with Crippen molar-refractivity contribution in [2.45, 2.75) is 0 Å². The van der Waals surface area contributed by atoms with E-state index >= 15 is 0 Å². The summed E-state index contributed by atoms with van der Waals surface area (Å²) in [4.78, 5) is 12.1. The molecule has 0 aliphatic rings. The van der Waals surface area contributed by atoms with Crippen LogP contribution in [-0.4, -0.2) is 30.3 Å². The number of hydrogen-bond acceptors (Lipinski definition) is 6. The van der Waals surface area contributed by atoms with E-state index in [1.54, 1.807) is 44.6 Å². The van der Waals surface area contributed by atoms with E-state index in [1.807, 2.05) is 0 Å². The topological polar surface area (TPSA) is 85.4 Å². The molecule has 3 rings (SSSR count). The quantitative estimate of drug-likeness (QED) is 0.691. The van der Waals surface area contributed by atoms with Gasteiger partial charge >= 0.3 is 0 Å². The molecule has 27 heavy (non-hydrogen) atoms. The number of carbonyl (C=O) groups is 1. The lowest BCUT2D eigenvalue weighted by Gasteiger charge is -2.12. The number of benzene rings is 2. The van der Waals surface area contributed by atoms with Crippen LogP contribution in [0.1, 0.15) is 10.4 Å². The Morgan fingerprint density at radius 2 is 1.63 bits per heavy atom. The first kappa shape index (κ1) is 18.1. The first-order chi connectivity index (χ1) is 13.1. The summed E-state index contributed by atoms with van der Waals surface area (Å²) >= 11 is 0. The molecule has 0 aliphatic heterocycles. The lowest BCUT2D eigenvalue weighted by Crippen LogP contribution is -2.13. The highest BCUT2D eigenvalue weighted by Gasteiger charge is 2.09. The van der Waals surface area contributed by atoms with Gasteiger partial charge in [0.15, 0.2) is 11.6 Å². The Morgan fingerprint density at radius 3 is 2.26 bits per heavy atom. The molecule has 1 amide bonds. The Hall–Kier alpha value is -3.68. The van der Waals surface area contributed by atoms with E-state index in [9.17, 15) is 9.18 Å². The molecule has 0 saturated heterocycles. The molecule has 0 atom stereocenters. The van der Waals surface area contributed by atoms with Crippen molar-refractivity contribution in [3.8, 4) is 11.5 Å². The van der Waals surface area contributed by atoms with Crippen LogP contribution in [0.25, 0.3) is 0 Å². The molecule has 138 valence electrons. The van der Waals surface area contributed by atoms with Crippen LogP contribution >= 0.6 is 0 Å². The average molecular weight is 368 g/mol. The minimum Gasteiger partial charge on any atom is -0.497 e. The number of rotatable bonds is 6. The van der Waals surface area contributed by atoms with E-state index in [2.05, 4.69) is 20.8 Å². The second-order valence-electron chi connectivity index (χ2n) is 5.46. The fourth-order valence-corrected chi connectivity index (χ4v) is 2.31. The molecule has 0 spiro atoms. The van der Waals surface area contributed by atoms with Gasteiger partial charge in [-0.1, -0.05) is 0 Å². The van der Waals surface area contributed by atoms with Crippen LogP contribution in [0, 0.1) is 5.82 Å². The number of hydrogen-bond donors (Lipinski definition) is 2. The van der Waals surface area contributed by atoms with E-state index < -0.39 is 11.7 Å². The molecular formula is C19H17FN4O3. The monoisotopic (exact) mass is 368 g/mol. The highest BCUT2D eigenvalue weighted by molar-refractivity contribution is 6.03. The summed E-state index contributed by atoms with van der Waals surface area (Å²) in [5.74, 6) is 1.20. The molecule has 0 saturated carbocycles. The Morgan fingerprint density at radius 1 is 0.926 bits per heavy atom. The SMILES string of the molecule is COc1ccc(OC)c(Nc2ccc(NC(=O)c3ccc(F)cc3)nn2)c1. The number of anilines is 3. The van der Waals surface area contributed by atoms with Crippen molar-refractivity contribution in [2.75, 3.05) is 24.9 Å². The third kappa shape index (κ3) is 4.49. The molecule has 8 heteroatoms. The maximum Gasteiger partial charge on any atom is 0.256 e. The lowest BCUT2D eigenvalue weighted by molar-refractivity contribution is 0.102. The molecule has 0 unspecified atom stereocenters. The van der Waals surface area contributed by atoms with E-state index in [0.29, 0.717) is 28.6 Å². The number of nitrogens with zero attached hydrogens (tertiary/aromatic N) is 2. The number of halogens is 1. The van der Waals surface area contributed by atoms with Crippen molar-refractivity contribution in [3.05, 3.63) is 66.0 Å². The predicted octanol–water partition coefficient (Wildman–Crippen LogP) is 3.63. The van der Waals surface area contributed by atoms with Crippen LogP contribution in [0.2, 0.25) is 0 Å². The number of ether oxygens (including phenoxy) is 2. The van der Waals surface area contributed by atoms with Crippen molar-refractivity contribution >= 4 is 23.2 Å². The van der Waals surface area contributed by atoms with Crippen molar-refractivity contribution in [2.24, 2.45) is 0 Å². The first-order valence-electron chi connectivity index (χ1n) is 7.99. The van der Waals surface area contributed by atoms with Gasteiger partial charge in [-0.05, 0) is 48.5 Å². The normalized spacial score (nSPS) is 10.2. The van der Waals surface area contributed by atoms with Crippen LogP contribution in [0.4, 0.5) is 21.7 Å². The smallest absolute Gasteiger partial charge is 0.256 e. The highest BCUT2D eigenvalue weighted by Crippen LogP contribution is 2.30. The van der Waals surface area contributed by atoms with Crippen LogP contribution < -0.4 is 20.1 Å². The molecule has 0 aliphatic carbocycles. The summed E-state index contributed by atoms with van der Waals surface area (Å²) in [7, 11) is 3.14. The van der Waals surface area contributed by atoms with Gasteiger partial charge in [0.1, 0.15) is 17.3 Å². The molecule has 7 nitrogen and oxygen atoms in total. The number of nitrogens with one attached hydrogen (secondary N) is 2. The molecule has 0 fully saturated rings. The zero-order chi connectivity index (χ0) is 19.2. The van der Waals surface area contributed by atoms with Crippen LogP contribution in [0.3, 0.4) is 0 Å². The minimum absolute atomic E-state index is 0.271. The second kappa shape index (κ2) is 8.13. The van der Waals surface area contributed by atoms with E-state index in [1.165, 1.54) is 24.3 Å². The Balaban J connectivity index is 1.70. The lowest BCUT2D eigenvalue weighted by atomic mass is 10.2. The van der Waals surface area contributed by atoms with Gasteiger partial charge in [-0.2, -0.15) is 0 Å². The maximum absolute atomic E-state index is 12.9. The summed E-state index contributed by atoms with van der Waals surface area (Å²) in [6.45, 7) is 0. The molecular weight excluding hydrogens is 351 g/mol. The molecule has 0 bridgehead atoms. The Labute approximate surface area is 155 Å². The summed E-state index contributed by atoms with van der Waals surface area (Å²) in [5.41, 5.74) is 0.982. The van der Waals surface area contributed by atoms with Crippen molar-refractivity contribution in [1.82, 2.24) is 10.2 Å². The van der Waals surface area contributed by atoms with Crippen molar-refractivity contribution < 1.29 is 18.7 Å². The summed E-state index contributed by atoms with van der Waals surface area (Å²) in [5, 5.41) is 13.7. The van der Waals surface area contributed by atoms with Gasteiger partial charge in [0, 0.05) is 11.6 Å². The van der Waals surface area contributed by atoms with Crippen molar-refractivity contribution in [1.29, 1.82) is 0 Å². The molecule has 1 aromatic heterocycles. The molecule has 2 N–H and O–H groups in total. The first-order valence-corrected chi connectivity index (χ1v) is 7.99. The molecule has 1 heterocycles. The maximum atomic E-state index is 12.9. The predicted molar refractivity (Wildman–Crippen MR) is 99.2 cm³/mol. The van der Waals surface area contributed by atoms with Gasteiger partial charge in [0.25, 0.3) is 5.91 Å².